The molecule has 1 aromatic carbocycles. The van der Waals surface area contributed by atoms with E-state index in [0.717, 1.165) is 12.1 Å². The molecule has 0 saturated heterocycles. The van der Waals surface area contributed by atoms with E-state index in [-0.39, 0.29) is 18.0 Å². The molecule has 5 nitrogen and oxygen atoms in total. The van der Waals surface area contributed by atoms with Crippen LogP contribution in [0.5, 0.6) is 0 Å². The van der Waals surface area contributed by atoms with Crippen LogP contribution in [0.15, 0.2) is 36.7 Å². The quantitative estimate of drug-likeness (QED) is 0.903. The topological polar surface area (TPSA) is 72.9 Å². The van der Waals surface area contributed by atoms with Gasteiger partial charge >= 0.3 is 0 Å². The Bertz CT molecular complexity index is 674. The summed E-state index contributed by atoms with van der Waals surface area (Å²) in [5.74, 6) is -0.392. The predicted molar refractivity (Wildman–Crippen MR) is 81.7 cm³/mol. The summed E-state index contributed by atoms with van der Waals surface area (Å²) in [6.07, 6.45) is 4.61. The summed E-state index contributed by atoms with van der Waals surface area (Å²) in [5, 5.41) is 7.70. The van der Waals surface area contributed by atoms with Crippen molar-refractivity contribution >= 4 is 11.6 Å². The summed E-state index contributed by atoms with van der Waals surface area (Å²) < 4.78 is 1.55. The van der Waals surface area contributed by atoms with Crippen LogP contribution in [0.1, 0.15) is 31.0 Å². The number of benzene rings is 1. The van der Waals surface area contributed by atoms with Crippen LogP contribution < -0.4 is 11.1 Å². The lowest BCUT2D eigenvalue weighted by atomic mass is 9.85. The molecule has 0 radical (unpaired) electrons. The molecule has 3 rings (SSSR count). The number of fused-ring (bicyclic) bond motifs is 1. The fourth-order valence-corrected chi connectivity index (χ4v) is 3.11. The lowest BCUT2D eigenvalue weighted by Gasteiger charge is -2.28. The number of aromatic nitrogens is 2. The standard InChI is InChI=1S/C16H20N4O/c1-16(2)7-11-5-3-4-6-13(11)15(16)19-12-8-18-20(9-12)10-14(17)21/h3-6,8-9,15,19H,7,10H2,1-2H3,(H2,17,21). The van der Waals surface area contributed by atoms with Gasteiger partial charge in [-0.05, 0) is 23.0 Å². The zero-order valence-electron chi connectivity index (χ0n) is 12.3. The third-order valence-electron chi connectivity index (χ3n) is 4.06. The van der Waals surface area contributed by atoms with E-state index in [2.05, 4.69) is 48.5 Å². The van der Waals surface area contributed by atoms with Crippen molar-refractivity contribution in [3.05, 3.63) is 47.8 Å². The number of nitrogens with zero attached hydrogens (tertiary/aromatic N) is 2. The van der Waals surface area contributed by atoms with E-state index in [0.29, 0.717) is 0 Å². The van der Waals surface area contributed by atoms with E-state index in [1.165, 1.54) is 11.1 Å². The number of primary amides is 1. The Labute approximate surface area is 124 Å². The molecular weight excluding hydrogens is 264 g/mol. The molecule has 1 heterocycles. The first-order valence-corrected chi connectivity index (χ1v) is 7.11. The largest absolute Gasteiger partial charge is 0.375 e. The summed E-state index contributed by atoms with van der Waals surface area (Å²) in [7, 11) is 0. The SMILES string of the molecule is CC1(C)Cc2ccccc2C1Nc1cnn(CC(N)=O)c1. The van der Waals surface area contributed by atoms with Gasteiger partial charge in [0.25, 0.3) is 0 Å². The van der Waals surface area contributed by atoms with Crippen LogP contribution >= 0.6 is 0 Å². The van der Waals surface area contributed by atoms with Crippen molar-refractivity contribution in [2.75, 3.05) is 5.32 Å². The average molecular weight is 284 g/mol. The molecule has 3 N–H and O–H groups in total. The zero-order valence-corrected chi connectivity index (χ0v) is 12.3. The predicted octanol–water partition coefficient (Wildman–Crippen LogP) is 2.10. The smallest absolute Gasteiger partial charge is 0.239 e. The Morgan fingerprint density at radius 3 is 3.00 bits per heavy atom. The van der Waals surface area contributed by atoms with E-state index >= 15 is 0 Å². The Kier molecular flexibility index (Phi) is 3.20. The van der Waals surface area contributed by atoms with Crippen LogP contribution in [-0.2, 0) is 17.8 Å². The molecule has 0 bridgehead atoms. The van der Waals surface area contributed by atoms with Gasteiger partial charge < -0.3 is 11.1 Å². The second-order valence-corrected chi connectivity index (χ2v) is 6.33. The minimum atomic E-state index is -0.392. The van der Waals surface area contributed by atoms with Gasteiger partial charge in [0.05, 0.1) is 17.9 Å². The van der Waals surface area contributed by atoms with Crippen molar-refractivity contribution in [3.8, 4) is 0 Å². The number of rotatable bonds is 4. The number of carbonyl (C=O) groups is 1. The van der Waals surface area contributed by atoms with E-state index in [1.54, 1.807) is 10.9 Å². The molecule has 2 aromatic rings. The van der Waals surface area contributed by atoms with Crippen LogP contribution in [0.4, 0.5) is 5.69 Å². The summed E-state index contributed by atoms with van der Waals surface area (Å²) in [6, 6.07) is 8.76. The number of carbonyl (C=O) groups excluding carboxylic acids is 1. The van der Waals surface area contributed by atoms with Gasteiger partial charge in [-0.15, -0.1) is 0 Å². The fraction of sp³-hybridized carbons (Fsp3) is 0.375. The van der Waals surface area contributed by atoms with Crippen molar-refractivity contribution < 1.29 is 4.79 Å². The van der Waals surface area contributed by atoms with E-state index in [4.69, 9.17) is 5.73 Å². The summed E-state index contributed by atoms with van der Waals surface area (Å²) >= 11 is 0. The van der Waals surface area contributed by atoms with Crippen LogP contribution in [0.25, 0.3) is 0 Å². The minimum absolute atomic E-state index is 0.103. The van der Waals surface area contributed by atoms with Gasteiger partial charge in [-0.2, -0.15) is 5.10 Å². The molecular formula is C16H20N4O. The third kappa shape index (κ3) is 2.63. The van der Waals surface area contributed by atoms with E-state index in [9.17, 15) is 4.79 Å². The average Bonchev–Trinajstić information content (AvgIpc) is 2.92. The number of hydrogen-bond acceptors (Lipinski definition) is 3. The highest BCUT2D eigenvalue weighted by molar-refractivity contribution is 5.73. The molecule has 5 heteroatoms. The normalized spacial score (nSPS) is 19.2. The molecule has 0 fully saturated rings. The molecule has 21 heavy (non-hydrogen) atoms. The van der Waals surface area contributed by atoms with Gasteiger partial charge in [0, 0.05) is 6.20 Å². The maximum absolute atomic E-state index is 10.9. The van der Waals surface area contributed by atoms with Crippen LogP contribution in [0.2, 0.25) is 0 Å². The molecule has 0 saturated carbocycles. The Morgan fingerprint density at radius 2 is 2.24 bits per heavy atom. The molecule has 1 aromatic heterocycles. The van der Waals surface area contributed by atoms with Crippen molar-refractivity contribution in [2.24, 2.45) is 11.1 Å². The number of anilines is 1. The monoisotopic (exact) mass is 284 g/mol. The fourth-order valence-electron chi connectivity index (χ4n) is 3.11. The number of nitrogens with two attached hydrogens (primary N) is 1. The molecule has 1 aliphatic carbocycles. The molecule has 1 unspecified atom stereocenters. The summed E-state index contributed by atoms with van der Waals surface area (Å²) in [4.78, 5) is 10.9. The van der Waals surface area contributed by atoms with Crippen molar-refractivity contribution in [2.45, 2.75) is 32.9 Å². The highest BCUT2D eigenvalue weighted by atomic mass is 16.1. The first-order chi connectivity index (χ1) is 9.95. The second kappa shape index (κ2) is 4.91. The van der Waals surface area contributed by atoms with Crippen molar-refractivity contribution in [1.82, 2.24) is 9.78 Å². The van der Waals surface area contributed by atoms with Crippen LogP contribution in [-0.4, -0.2) is 15.7 Å². The lowest BCUT2D eigenvalue weighted by Crippen LogP contribution is -2.24. The molecule has 1 aliphatic rings. The zero-order chi connectivity index (χ0) is 15.0. The molecule has 0 spiro atoms. The Morgan fingerprint density at radius 1 is 1.48 bits per heavy atom. The van der Waals surface area contributed by atoms with Gasteiger partial charge in [-0.1, -0.05) is 38.1 Å². The van der Waals surface area contributed by atoms with Crippen LogP contribution in [0.3, 0.4) is 0 Å². The lowest BCUT2D eigenvalue weighted by molar-refractivity contribution is -0.118. The Hall–Kier alpha value is -2.30. The minimum Gasteiger partial charge on any atom is -0.375 e. The van der Waals surface area contributed by atoms with Crippen molar-refractivity contribution in [3.63, 3.8) is 0 Å². The highest BCUT2D eigenvalue weighted by Crippen LogP contribution is 2.46. The second-order valence-electron chi connectivity index (χ2n) is 6.33. The van der Waals surface area contributed by atoms with Gasteiger partial charge in [0.15, 0.2) is 0 Å². The number of nitrogens with one attached hydrogen (secondary N) is 1. The number of amides is 1. The van der Waals surface area contributed by atoms with E-state index < -0.39 is 5.91 Å². The molecule has 0 aliphatic heterocycles. The summed E-state index contributed by atoms with van der Waals surface area (Å²) in [6.45, 7) is 4.63. The Balaban J connectivity index is 1.83. The van der Waals surface area contributed by atoms with Crippen molar-refractivity contribution in [1.29, 1.82) is 0 Å². The first kappa shape index (κ1) is 13.7. The molecule has 1 amide bonds. The third-order valence-corrected chi connectivity index (χ3v) is 4.06. The highest BCUT2D eigenvalue weighted by Gasteiger charge is 2.38. The first-order valence-electron chi connectivity index (χ1n) is 7.11. The van der Waals surface area contributed by atoms with Gasteiger partial charge in [-0.25, -0.2) is 0 Å². The summed E-state index contributed by atoms with van der Waals surface area (Å²) in [5.41, 5.74) is 8.96. The van der Waals surface area contributed by atoms with Gasteiger partial charge in [-0.3, -0.25) is 9.48 Å². The van der Waals surface area contributed by atoms with Gasteiger partial charge in [0.2, 0.25) is 5.91 Å². The van der Waals surface area contributed by atoms with Crippen LogP contribution in [0, 0.1) is 5.41 Å². The molecule has 1 atom stereocenters. The number of hydrogen-bond donors (Lipinski definition) is 2. The maximum Gasteiger partial charge on any atom is 0.239 e. The molecule has 110 valence electrons. The maximum atomic E-state index is 10.9. The van der Waals surface area contributed by atoms with Gasteiger partial charge in [0.1, 0.15) is 6.54 Å². The van der Waals surface area contributed by atoms with E-state index in [1.807, 2.05) is 6.20 Å².